The normalized spacial score (nSPS) is 14.7. The van der Waals surface area contributed by atoms with E-state index in [1.54, 1.807) is 0 Å². The summed E-state index contributed by atoms with van der Waals surface area (Å²) in [6.07, 6.45) is 4.04. The molecule has 0 spiro atoms. The average Bonchev–Trinajstić information content (AvgIpc) is 2.46. The van der Waals surface area contributed by atoms with E-state index in [4.69, 9.17) is 5.73 Å². The summed E-state index contributed by atoms with van der Waals surface area (Å²) >= 11 is 0. The Morgan fingerprint density at radius 1 is 1.10 bits per heavy atom. The number of nitrogens with two attached hydrogens (primary N) is 1. The Bertz CT molecular complexity index is 921. The summed E-state index contributed by atoms with van der Waals surface area (Å²) in [5.74, 6) is -0.129. The van der Waals surface area contributed by atoms with Gasteiger partial charge in [0.05, 0.1) is 5.70 Å². The first-order valence-corrected chi connectivity index (χ1v) is 6.53. The van der Waals surface area contributed by atoms with Crippen molar-refractivity contribution < 1.29 is 5.11 Å². The lowest BCUT2D eigenvalue weighted by Crippen LogP contribution is -2.50. The van der Waals surface area contributed by atoms with Gasteiger partial charge in [0.25, 0.3) is 0 Å². The van der Waals surface area contributed by atoms with Gasteiger partial charge in [-0.25, -0.2) is 0 Å². The second-order valence-corrected chi connectivity index (χ2v) is 4.66. The van der Waals surface area contributed by atoms with Crippen LogP contribution >= 0.6 is 0 Å². The van der Waals surface area contributed by atoms with Crippen molar-refractivity contribution in [3.8, 4) is 0 Å². The molecule has 0 unspecified atom stereocenters. The summed E-state index contributed by atoms with van der Waals surface area (Å²) in [5, 5.41) is 15.4. The molecule has 0 aromatic heterocycles. The standard InChI is InChI=1S/C18H19NO/c1-5-13-14(6-2)17(18(19)12(4)20)11(3)15-9-7-8-10-16(13)15/h5-10,20H,3-4,19H2,1-2H3/b13-5+,14-6+,18-17-. The van der Waals surface area contributed by atoms with Crippen molar-refractivity contribution in [3.05, 3.63) is 57.5 Å². The number of aliphatic hydroxyl groups excluding tert-OH is 1. The van der Waals surface area contributed by atoms with Gasteiger partial charge in [0.2, 0.25) is 0 Å². The van der Waals surface area contributed by atoms with E-state index in [9.17, 15) is 5.11 Å². The van der Waals surface area contributed by atoms with Gasteiger partial charge in [-0.3, -0.25) is 0 Å². The van der Waals surface area contributed by atoms with E-state index >= 15 is 0 Å². The smallest absolute Gasteiger partial charge is 0.131 e. The summed E-state index contributed by atoms with van der Waals surface area (Å²) in [5.41, 5.74) is 6.30. The summed E-state index contributed by atoms with van der Waals surface area (Å²) in [7, 11) is 0. The van der Waals surface area contributed by atoms with Crippen molar-refractivity contribution in [2.45, 2.75) is 13.8 Å². The van der Waals surface area contributed by atoms with Crippen molar-refractivity contribution in [2.75, 3.05) is 0 Å². The first kappa shape index (κ1) is 13.9. The SMILES string of the molecule is C=C(O)\C(N)=c1/c(=C)c2ccccc2c(=C/C)/c1=C\C. The minimum atomic E-state index is -0.129. The molecule has 0 aliphatic rings. The Kier molecular flexibility index (Phi) is 3.66. The molecule has 2 heteroatoms. The molecule has 0 amide bonds. The van der Waals surface area contributed by atoms with Crippen LogP contribution in [-0.2, 0) is 0 Å². The molecule has 20 heavy (non-hydrogen) atoms. The fourth-order valence-corrected chi connectivity index (χ4v) is 2.62. The second kappa shape index (κ2) is 5.25. The second-order valence-electron chi connectivity index (χ2n) is 4.66. The monoisotopic (exact) mass is 265 g/mol. The van der Waals surface area contributed by atoms with Crippen LogP contribution in [0.5, 0.6) is 0 Å². The van der Waals surface area contributed by atoms with E-state index in [1.807, 2.05) is 44.2 Å². The molecule has 0 fully saturated rings. The number of rotatable bonds is 1. The zero-order valence-corrected chi connectivity index (χ0v) is 11.9. The van der Waals surface area contributed by atoms with Gasteiger partial charge in [0.15, 0.2) is 0 Å². The van der Waals surface area contributed by atoms with E-state index in [2.05, 4.69) is 19.2 Å². The first-order valence-electron chi connectivity index (χ1n) is 6.53. The maximum atomic E-state index is 9.65. The van der Waals surface area contributed by atoms with Gasteiger partial charge in [0.1, 0.15) is 5.76 Å². The van der Waals surface area contributed by atoms with Crippen molar-refractivity contribution in [1.29, 1.82) is 0 Å². The summed E-state index contributed by atoms with van der Waals surface area (Å²) in [6.45, 7) is 11.6. The Balaban J connectivity index is 3.40. The third-order valence-corrected chi connectivity index (χ3v) is 3.56. The molecule has 0 radical (unpaired) electrons. The van der Waals surface area contributed by atoms with E-state index < -0.39 is 0 Å². The molecule has 0 aliphatic carbocycles. The number of hydrogen-bond donors (Lipinski definition) is 2. The average molecular weight is 265 g/mol. The predicted octanol–water partition coefficient (Wildman–Crippen LogP) is 0.990. The highest BCUT2D eigenvalue weighted by molar-refractivity contribution is 5.85. The maximum Gasteiger partial charge on any atom is 0.131 e. The van der Waals surface area contributed by atoms with Gasteiger partial charge in [-0.15, -0.1) is 0 Å². The lowest BCUT2D eigenvalue weighted by Gasteiger charge is -2.06. The molecule has 2 aromatic rings. The summed E-state index contributed by atoms with van der Waals surface area (Å²) in [4.78, 5) is 0. The zero-order valence-electron chi connectivity index (χ0n) is 11.9. The number of benzene rings is 2. The van der Waals surface area contributed by atoms with Gasteiger partial charge in [-0.05, 0) is 40.3 Å². The van der Waals surface area contributed by atoms with Crippen LogP contribution in [0.3, 0.4) is 0 Å². The molecule has 0 bridgehead atoms. The van der Waals surface area contributed by atoms with Crippen LogP contribution in [0.15, 0.2) is 36.6 Å². The summed E-state index contributed by atoms with van der Waals surface area (Å²) < 4.78 is 0. The predicted molar refractivity (Wildman–Crippen MR) is 87.6 cm³/mol. The first-order chi connectivity index (χ1) is 9.52. The van der Waals surface area contributed by atoms with Gasteiger partial charge < -0.3 is 10.8 Å². The van der Waals surface area contributed by atoms with Crippen LogP contribution < -0.4 is 26.6 Å². The number of aliphatic hydroxyl groups is 1. The number of fused-ring (bicyclic) bond motifs is 1. The Labute approximate surface area is 118 Å². The third kappa shape index (κ3) is 1.99. The van der Waals surface area contributed by atoms with E-state index in [-0.39, 0.29) is 11.5 Å². The van der Waals surface area contributed by atoms with Crippen LogP contribution in [0.1, 0.15) is 13.8 Å². The molecule has 0 saturated carbocycles. The van der Waals surface area contributed by atoms with Crippen molar-refractivity contribution in [3.63, 3.8) is 0 Å². The molecule has 102 valence electrons. The van der Waals surface area contributed by atoms with E-state index in [1.165, 1.54) is 0 Å². The van der Waals surface area contributed by atoms with Crippen LogP contribution in [0.2, 0.25) is 0 Å². The van der Waals surface area contributed by atoms with Crippen LogP contribution in [-0.4, -0.2) is 5.11 Å². The topological polar surface area (TPSA) is 46.2 Å². The fourth-order valence-electron chi connectivity index (χ4n) is 2.62. The van der Waals surface area contributed by atoms with Crippen molar-refractivity contribution in [2.24, 2.45) is 5.73 Å². The van der Waals surface area contributed by atoms with Crippen molar-refractivity contribution in [1.82, 2.24) is 0 Å². The highest BCUT2D eigenvalue weighted by Crippen LogP contribution is 2.02. The van der Waals surface area contributed by atoms with Gasteiger partial charge in [0, 0.05) is 5.22 Å². The fraction of sp³-hybridized carbons (Fsp3) is 0.111. The van der Waals surface area contributed by atoms with Crippen LogP contribution in [0, 0.1) is 0 Å². The van der Waals surface area contributed by atoms with E-state index in [0.717, 1.165) is 31.6 Å². The largest absolute Gasteiger partial charge is 0.506 e. The van der Waals surface area contributed by atoms with Gasteiger partial charge in [-0.1, -0.05) is 49.6 Å². The van der Waals surface area contributed by atoms with Gasteiger partial charge in [-0.2, -0.15) is 0 Å². The minimum Gasteiger partial charge on any atom is -0.506 e. The Morgan fingerprint density at radius 2 is 1.65 bits per heavy atom. The quantitative estimate of drug-likeness (QED) is 0.755. The molecule has 3 N–H and O–H groups in total. The van der Waals surface area contributed by atoms with Crippen LogP contribution in [0.25, 0.3) is 35.2 Å². The molecular weight excluding hydrogens is 246 g/mol. The lowest BCUT2D eigenvalue weighted by atomic mass is 10.00. The molecule has 2 rings (SSSR count). The molecule has 0 aliphatic heterocycles. The highest BCUT2D eigenvalue weighted by atomic mass is 16.3. The molecule has 2 aromatic carbocycles. The summed E-state index contributed by atoms with van der Waals surface area (Å²) in [6, 6.07) is 8.06. The van der Waals surface area contributed by atoms with Crippen molar-refractivity contribution >= 4 is 35.2 Å². The minimum absolute atomic E-state index is 0.129. The third-order valence-electron chi connectivity index (χ3n) is 3.56. The van der Waals surface area contributed by atoms with Gasteiger partial charge >= 0.3 is 0 Å². The van der Waals surface area contributed by atoms with E-state index in [0.29, 0.717) is 0 Å². The molecule has 2 nitrogen and oxygen atoms in total. The Hall–Kier alpha value is -2.48. The van der Waals surface area contributed by atoms with Crippen LogP contribution in [0.4, 0.5) is 0 Å². The Morgan fingerprint density at radius 3 is 2.15 bits per heavy atom. The maximum absolute atomic E-state index is 9.65. The molecule has 0 atom stereocenters. The molecule has 0 saturated heterocycles. The molecule has 0 heterocycles. The number of hydrogen-bond acceptors (Lipinski definition) is 2. The lowest BCUT2D eigenvalue weighted by molar-refractivity contribution is 0.438. The molecular formula is C18H19NO. The highest BCUT2D eigenvalue weighted by Gasteiger charge is 2.04. The zero-order chi connectivity index (χ0) is 14.9.